The van der Waals surface area contributed by atoms with Crippen molar-refractivity contribution in [1.29, 1.82) is 0 Å². The normalized spacial score (nSPS) is 13.0. The molecule has 2 amide bonds. The van der Waals surface area contributed by atoms with Crippen LogP contribution in [0.2, 0.25) is 0 Å². The van der Waals surface area contributed by atoms with Gasteiger partial charge in [0.05, 0.1) is 20.8 Å². The number of aliphatic hydroxyl groups is 1. The van der Waals surface area contributed by atoms with Crippen molar-refractivity contribution in [3.63, 3.8) is 0 Å². The van der Waals surface area contributed by atoms with Crippen molar-refractivity contribution in [3.05, 3.63) is 42.2 Å². The summed E-state index contributed by atoms with van der Waals surface area (Å²) in [6, 6.07) is 6.49. The maximum absolute atomic E-state index is 12.0. The first-order valence-electron chi connectivity index (χ1n) is 7.95. The van der Waals surface area contributed by atoms with Gasteiger partial charge in [-0.25, -0.2) is 4.79 Å². The van der Waals surface area contributed by atoms with E-state index in [1.165, 1.54) is 7.11 Å². The fraction of sp³-hybridized carbons (Fsp3) is 0.412. The smallest absolute Gasteiger partial charge is 0.315 e. The predicted octanol–water partition coefficient (Wildman–Crippen LogP) is 1.32. The Hall–Kier alpha value is -2.74. The minimum absolute atomic E-state index is 0.0455. The van der Waals surface area contributed by atoms with Gasteiger partial charge in [0.1, 0.15) is 17.6 Å². The van der Waals surface area contributed by atoms with Gasteiger partial charge in [0.2, 0.25) is 0 Å². The van der Waals surface area contributed by atoms with Crippen LogP contribution in [0, 0.1) is 0 Å². The van der Waals surface area contributed by atoms with Crippen LogP contribution in [0.25, 0.3) is 0 Å². The molecule has 1 aromatic heterocycles. The molecule has 0 saturated heterocycles. The number of carbonyl (C=O) groups excluding carboxylic acids is 1. The molecule has 136 valence electrons. The molecule has 8 heteroatoms. The number of nitrogens with zero attached hydrogens (tertiary/aromatic N) is 2. The van der Waals surface area contributed by atoms with E-state index >= 15 is 0 Å². The minimum Gasteiger partial charge on any atom is -0.497 e. The number of rotatable bonds is 8. The van der Waals surface area contributed by atoms with Crippen LogP contribution >= 0.6 is 0 Å². The maximum Gasteiger partial charge on any atom is 0.315 e. The summed E-state index contributed by atoms with van der Waals surface area (Å²) < 4.78 is 12.1. The van der Waals surface area contributed by atoms with Crippen LogP contribution in [0.4, 0.5) is 4.79 Å². The van der Waals surface area contributed by atoms with Crippen LogP contribution in [0.15, 0.2) is 36.7 Å². The Kier molecular flexibility index (Phi) is 6.64. The number of amides is 2. The average Bonchev–Trinajstić information content (AvgIpc) is 3.11. The molecule has 0 bridgehead atoms. The molecule has 25 heavy (non-hydrogen) atoms. The molecule has 0 aliphatic heterocycles. The zero-order valence-electron chi connectivity index (χ0n) is 14.6. The van der Waals surface area contributed by atoms with Crippen molar-refractivity contribution in [3.8, 4) is 11.5 Å². The number of methoxy groups -OCH3 is 2. The lowest BCUT2D eigenvalue weighted by Crippen LogP contribution is -2.43. The first-order valence-corrected chi connectivity index (χ1v) is 7.95. The van der Waals surface area contributed by atoms with Gasteiger partial charge in [0, 0.05) is 30.5 Å². The van der Waals surface area contributed by atoms with Gasteiger partial charge in [-0.2, -0.15) is 5.10 Å². The fourth-order valence-corrected chi connectivity index (χ4v) is 2.41. The fourth-order valence-electron chi connectivity index (χ4n) is 2.41. The third-order valence-electron chi connectivity index (χ3n) is 3.65. The summed E-state index contributed by atoms with van der Waals surface area (Å²) in [7, 11) is 3.07. The van der Waals surface area contributed by atoms with Gasteiger partial charge in [-0.15, -0.1) is 0 Å². The quantitative estimate of drug-likeness (QED) is 0.668. The van der Waals surface area contributed by atoms with Crippen molar-refractivity contribution in [2.75, 3.05) is 20.8 Å². The molecule has 2 aromatic rings. The average molecular weight is 348 g/mol. The summed E-state index contributed by atoms with van der Waals surface area (Å²) >= 11 is 0. The number of aromatic nitrogens is 2. The monoisotopic (exact) mass is 348 g/mol. The third kappa shape index (κ3) is 5.39. The number of hydrogen-bond acceptors (Lipinski definition) is 5. The summed E-state index contributed by atoms with van der Waals surface area (Å²) in [6.07, 6.45) is 2.59. The zero-order valence-corrected chi connectivity index (χ0v) is 14.6. The molecule has 2 unspecified atom stereocenters. The summed E-state index contributed by atoms with van der Waals surface area (Å²) in [5.74, 6) is 1.13. The minimum atomic E-state index is -0.919. The standard InChI is InChI=1S/C17H24N4O4/c1-12(11-21-8-4-7-19-21)20-17(23)18-10-15(22)14-9-13(24-2)5-6-16(14)25-3/h4-9,12,15,22H,10-11H2,1-3H3,(H2,18,20,23). The largest absolute Gasteiger partial charge is 0.497 e. The number of aliphatic hydroxyl groups excluding tert-OH is 1. The Morgan fingerprint density at radius 2 is 2.16 bits per heavy atom. The SMILES string of the molecule is COc1ccc(OC)c(C(O)CNC(=O)NC(C)Cn2cccn2)c1. The van der Waals surface area contributed by atoms with Crippen LogP contribution in [0.1, 0.15) is 18.6 Å². The molecule has 8 nitrogen and oxygen atoms in total. The van der Waals surface area contributed by atoms with Crippen LogP contribution < -0.4 is 20.1 Å². The van der Waals surface area contributed by atoms with E-state index in [2.05, 4.69) is 15.7 Å². The second-order valence-corrected chi connectivity index (χ2v) is 5.61. The lowest BCUT2D eigenvalue weighted by atomic mass is 10.1. The highest BCUT2D eigenvalue weighted by Crippen LogP contribution is 2.28. The van der Waals surface area contributed by atoms with E-state index in [0.29, 0.717) is 23.6 Å². The third-order valence-corrected chi connectivity index (χ3v) is 3.65. The van der Waals surface area contributed by atoms with Gasteiger partial charge in [-0.05, 0) is 31.2 Å². The van der Waals surface area contributed by atoms with Gasteiger partial charge in [0.25, 0.3) is 0 Å². The van der Waals surface area contributed by atoms with Crippen LogP contribution in [0.3, 0.4) is 0 Å². The Morgan fingerprint density at radius 1 is 1.36 bits per heavy atom. The van der Waals surface area contributed by atoms with E-state index in [4.69, 9.17) is 9.47 Å². The van der Waals surface area contributed by atoms with Crippen molar-refractivity contribution in [2.24, 2.45) is 0 Å². The van der Waals surface area contributed by atoms with E-state index < -0.39 is 6.10 Å². The summed E-state index contributed by atoms with van der Waals surface area (Å²) in [5, 5.41) is 19.9. The van der Waals surface area contributed by atoms with E-state index in [9.17, 15) is 9.90 Å². The highest BCUT2D eigenvalue weighted by Gasteiger charge is 2.16. The Balaban J connectivity index is 1.86. The first-order chi connectivity index (χ1) is 12.0. The van der Waals surface area contributed by atoms with Crippen molar-refractivity contribution in [2.45, 2.75) is 25.6 Å². The van der Waals surface area contributed by atoms with Gasteiger partial charge in [-0.3, -0.25) is 4.68 Å². The van der Waals surface area contributed by atoms with Crippen LogP contribution in [-0.4, -0.2) is 47.7 Å². The highest BCUT2D eigenvalue weighted by atomic mass is 16.5. The van der Waals surface area contributed by atoms with Crippen LogP contribution in [-0.2, 0) is 6.54 Å². The van der Waals surface area contributed by atoms with E-state index in [1.54, 1.807) is 36.2 Å². The second-order valence-electron chi connectivity index (χ2n) is 5.61. The number of nitrogens with one attached hydrogen (secondary N) is 2. The molecule has 1 aromatic carbocycles. The highest BCUT2D eigenvalue weighted by molar-refractivity contribution is 5.74. The Morgan fingerprint density at radius 3 is 2.80 bits per heavy atom. The molecular formula is C17H24N4O4. The summed E-state index contributed by atoms with van der Waals surface area (Å²) in [5.41, 5.74) is 0.548. The van der Waals surface area contributed by atoms with E-state index in [0.717, 1.165) is 0 Å². The molecule has 2 rings (SSSR count). The molecule has 3 N–H and O–H groups in total. The van der Waals surface area contributed by atoms with E-state index in [-0.39, 0.29) is 18.6 Å². The number of benzene rings is 1. The van der Waals surface area contributed by atoms with Crippen LogP contribution in [0.5, 0.6) is 11.5 Å². The Labute approximate surface area is 146 Å². The summed E-state index contributed by atoms with van der Waals surface area (Å²) in [6.45, 7) is 2.49. The molecule has 1 heterocycles. The van der Waals surface area contributed by atoms with Crippen molar-refractivity contribution < 1.29 is 19.4 Å². The van der Waals surface area contributed by atoms with Gasteiger partial charge < -0.3 is 25.2 Å². The summed E-state index contributed by atoms with van der Waals surface area (Å²) in [4.78, 5) is 12.0. The number of hydrogen-bond donors (Lipinski definition) is 3. The molecule has 0 saturated carbocycles. The van der Waals surface area contributed by atoms with Gasteiger partial charge in [0.15, 0.2) is 0 Å². The van der Waals surface area contributed by atoms with Crippen molar-refractivity contribution in [1.82, 2.24) is 20.4 Å². The Bertz CT molecular complexity index is 675. The molecule has 0 radical (unpaired) electrons. The molecule has 0 fully saturated rings. The maximum atomic E-state index is 12.0. The molecular weight excluding hydrogens is 324 g/mol. The number of urea groups is 1. The van der Waals surface area contributed by atoms with Gasteiger partial charge >= 0.3 is 6.03 Å². The number of carbonyl (C=O) groups is 1. The molecule has 0 aliphatic rings. The molecule has 0 spiro atoms. The number of ether oxygens (including phenoxy) is 2. The van der Waals surface area contributed by atoms with Gasteiger partial charge in [-0.1, -0.05) is 0 Å². The lowest BCUT2D eigenvalue weighted by molar-refractivity contribution is 0.168. The zero-order chi connectivity index (χ0) is 18.2. The first kappa shape index (κ1) is 18.6. The predicted molar refractivity (Wildman–Crippen MR) is 92.7 cm³/mol. The van der Waals surface area contributed by atoms with E-state index in [1.807, 2.05) is 19.2 Å². The molecule has 2 atom stereocenters. The molecule has 0 aliphatic carbocycles. The van der Waals surface area contributed by atoms with Crippen molar-refractivity contribution >= 4 is 6.03 Å². The lowest BCUT2D eigenvalue weighted by Gasteiger charge is -2.18. The second kappa shape index (κ2) is 8.93. The topological polar surface area (TPSA) is 97.6 Å².